The number of aliphatic hydroxyl groups is 1. The highest BCUT2D eigenvalue weighted by Gasteiger charge is 2.81. The van der Waals surface area contributed by atoms with E-state index < -0.39 is 34.0 Å². The van der Waals surface area contributed by atoms with Crippen LogP contribution in [-0.2, 0) is 25.4 Å². The quantitative estimate of drug-likeness (QED) is 0.507. The molecule has 8 nitrogen and oxygen atoms in total. The molecule has 9 heteroatoms. The number of hydrogen-bond donors (Lipinski definition) is 2. The number of ether oxygens (including phenoxy) is 4. The molecule has 1 unspecified atom stereocenters. The normalized spacial score (nSPS) is 47.2. The molecule has 0 amide bonds. The molecule has 3 saturated carbocycles. The minimum absolute atomic E-state index is 0.00784. The Morgan fingerprint density at radius 1 is 1.15 bits per heavy atom. The summed E-state index contributed by atoms with van der Waals surface area (Å²) in [6.45, 7) is 6.91. The van der Waals surface area contributed by atoms with Crippen molar-refractivity contribution < 1.29 is 28.4 Å². The molecule has 8 rings (SSSR count). The van der Waals surface area contributed by atoms with Crippen LogP contribution in [0.2, 0.25) is 0 Å². The van der Waals surface area contributed by atoms with E-state index in [0.717, 1.165) is 35.4 Å². The standard InChI is InChI=1S/C31H38FN3O5/c1-18-9-24-23-8-7-20-10-25-19(14-35(34-25)22-6-4-5-21(33)11-22)12-27(20,2)30(23,32)26(36)13-28(24,3)31(18)29(39-17-40-31)15-37-16-38-29/h4-6,10-11,14,18,23-24,26,36H,7-9,12-13,15-17,33H2,1-3H3/t18-,23-,24-,26-,27-,28-,29?,30-,31+/m0/s1. The van der Waals surface area contributed by atoms with E-state index in [9.17, 15) is 5.11 Å². The van der Waals surface area contributed by atoms with Crippen LogP contribution in [0.1, 0.15) is 57.7 Å². The van der Waals surface area contributed by atoms with Crippen LogP contribution in [0.4, 0.5) is 10.1 Å². The molecule has 2 spiro atoms. The molecule has 5 fully saturated rings. The first-order valence-corrected chi connectivity index (χ1v) is 14.6. The fraction of sp³-hybridized carbons (Fsp3) is 0.645. The second kappa shape index (κ2) is 7.95. The minimum atomic E-state index is -1.79. The molecule has 3 heterocycles. The number of halogens is 1. The maximum absolute atomic E-state index is 18.1. The Morgan fingerprint density at radius 2 is 1.98 bits per heavy atom. The average molecular weight is 552 g/mol. The summed E-state index contributed by atoms with van der Waals surface area (Å²) in [7, 11) is 0. The smallest absolute Gasteiger partial charge is 0.227 e. The fourth-order valence-corrected chi connectivity index (χ4v) is 10.4. The predicted molar refractivity (Wildman–Crippen MR) is 145 cm³/mol. The summed E-state index contributed by atoms with van der Waals surface area (Å²) < 4.78 is 44.4. The molecule has 3 N–H and O–H groups in total. The number of allylic oxidation sites excluding steroid dienone is 1. The summed E-state index contributed by atoms with van der Waals surface area (Å²) in [5.41, 5.74) is 6.50. The SMILES string of the molecule is C[C@H]1C[C@H]2[C@@H]3CCC4=Cc5nn(-c6cccc(N)c6)cc5C[C@]4(C)[C@@]3(F)[C@@H](O)C[C@]2(C)[C@]12OCOC21COCO1. The highest BCUT2D eigenvalue weighted by molar-refractivity contribution is 5.61. The monoisotopic (exact) mass is 551 g/mol. The van der Waals surface area contributed by atoms with Crippen molar-refractivity contribution in [1.82, 2.24) is 9.78 Å². The Hall–Kier alpha value is -2.30. The summed E-state index contributed by atoms with van der Waals surface area (Å²) >= 11 is 0. The van der Waals surface area contributed by atoms with Gasteiger partial charge >= 0.3 is 0 Å². The molecule has 2 saturated heterocycles. The number of fused-ring (bicyclic) bond motifs is 8. The summed E-state index contributed by atoms with van der Waals surface area (Å²) in [4.78, 5) is 0. The zero-order valence-electron chi connectivity index (χ0n) is 23.4. The largest absolute Gasteiger partial charge is 0.399 e. The fourth-order valence-electron chi connectivity index (χ4n) is 10.4. The topological polar surface area (TPSA) is 101 Å². The van der Waals surface area contributed by atoms with E-state index in [1.54, 1.807) is 0 Å². The lowest BCUT2D eigenvalue weighted by molar-refractivity contribution is -0.279. The third-order valence-electron chi connectivity index (χ3n) is 12.0. The van der Waals surface area contributed by atoms with E-state index in [1.807, 2.05) is 42.1 Å². The lowest BCUT2D eigenvalue weighted by Crippen LogP contribution is -2.72. The highest BCUT2D eigenvalue weighted by atomic mass is 19.1. The van der Waals surface area contributed by atoms with E-state index in [4.69, 9.17) is 29.8 Å². The number of hydrogen-bond acceptors (Lipinski definition) is 7. The minimum Gasteiger partial charge on any atom is -0.399 e. The van der Waals surface area contributed by atoms with Crippen molar-refractivity contribution in [3.8, 4) is 5.69 Å². The second-order valence-corrected chi connectivity index (χ2v) is 13.6. The van der Waals surface area contributed by atoms with Crippen LogP contribution in [0, 0.1) is 28.6 Å². The van der Waals surface area contributed by atoms with Crippen LogP contribution < -0.4 is 5.73 Å². The van der Waals surface area contributed by atoms with Gasteiger partial charge in [0, 0.05) is 28.6 Å². The molecule has 0 radical (unpaired) electrons. The van der Waals surface area contributed by atoms with E-state index >= 15 is 4.39 Å². The van der Waals surface area contributed by atoms with Crippen molar-refractivity contribution in [3.05, 3.63) is 47.3 Å². The number of nitrogens with zero attached hydrogens (tertiary/aromatic N) is 2. The van der Waals surface area contributed by atoms with Crippen LogP contribution >= 0.6 is 0 Å². The van der Waals surface area contributed by atoms with Gasteiger partial charge in [0.25, 0.3) is 0 Å². The Bertz CT molecular complexity index is 1420. The van der Waals surface area contributed by atoms with Crippen molar-refractivity contribution in [2.45, 2.75) is 76.0 Å². The van der Waals surface area contributed by atoms with Crippen LogP contribution in [0.25, 0.3) is 11.8 Å². The number of aromatic nitrogens is 2. The van der Waals surface area contributed by atoms with Gasteiger partial charge in [-0.2, -0.15) is 5.10 Å². The molecule has 40 heavy (non-hydrogen) atoms. The first kappa shape index (κ1) is 25.4. The van der Waals surface area contributed by atoms with Gasteiger partial charge in [-0.25, -0.2) is 9.07 Å². The third kappa shape index (κ3) is 2.76. The molecule has 1 aromatic carbocycles. The van der Waals surface area contributed by atoms with Crippen LogP contribution in [0.15, 0.2) is 36.0 Å². The predicted octanol–water partition coefficient (Wildman–Crippen LogP) is 4.39. The van der Waals surface area contributed by atoms with Crippen molar-refractivity contribution in [2.75, 3.05) is 25.9 Å². The number of benzene rings is 1. The molecular weight excluding hydrogens is 513 g/mol. The summed E-state index contributed by atoms with van der Waals surface area (Å²) in [5.74, 6) is -1.28. The number of anilines is 1. The maximum atomic E-state index is 18.1. The Kier molecular flexibility index (Phi) is 5.05. The van der Waals surface area contributed by atoms with Crippen molar-refractivity contribution in [1.29, 1.82) is 0 Å². The van der Waals surface area contributed by atoms with Gasteiger partial charge in [-0.15, -0.1) is 0 Å². The van der Waals surface area contributed by atoms with Gasteiger partial charge in [0.05, 0.1) is 17.5 Å². The molecule has 0 bridgehead atoms. The lowest BCUT2D eigenvalue weighted by Gasteiger charge is -2.64. The van der Waals surface area contributed by atoms with E-state index in [-0.39, 0.29) is 44.4 Å². The average Bonchev–Trinajstić information content (AvgIpc) is 3.69. The summed E-state index contributed by atoms with van der Waals surface area (Å²) in [6.07, 6.45) is 5.92. The summed E-state index contributed by atoms with van der Waals surface area (Å²) in [6, 6.07) is 7.60. The van der Waals surface area contributed by atoms with Gasteiger partial charge in [-0.1, -0.05) is 32.4 Å². The molecule has 6 aliphatic rings. The number of aliphatic hydroxyl groups excluding tert-OH is 1. The first-order chi connectivity index (χ1) is 19.1. The number of rotatable bonds is 1. The van der Waals surface area contributed by atoms with E-state index in [2.05, 4.69) is 19.9 Å². The molecule has 2 aromatic rings. The zero-order valence-corrected chi connectivity index (χ0v) is 23.4. The third-order valence-corrected chi connectivity index (χ3v) is 12.0. The van der Waals surface area contributed by atoms with E-state index in [0.29, 0.717) is 18.5 Å². The maximum Gasteiger partial charge on any atom is 0.227 e. The lowest BCUT2D eigenvalue weighted by atomic mass is 9.43. The van der Waals surface area contributed by atoms with Gasteiger partial charge in [0.2, 0.25) is 5.79 Å². The van der Waals surface area contributed by atoms with Crippen LogP contribution in [0.5, 0.6) is 0 Å². The van der Waals surface area contributed by atoms with Gasteiger partial charge < -0.3 is 29.8 Å². The number of nitrogen functional groups attached to an aromatic ring is 1. The second-order valence-electron chi connectivity index (χ2n) is 13.6. The number of nitrogens with two attached hydrogens (primary N) is 1. The molecule has 214 valence electrons. The van der Waals surface area contributed by atoms with Gasteiger partial charge in [-0.05, 0) is 73.8 Å². The van der Waals surface area contributed by atoms with Crippen LogP contribution in [0.3, 0.4) is 0 Å². The van der Waals surface area contributed by atoms with Gasteiger partial charge in [0.1, 0.15) is 17.9 Å². The molecule has 4 aliphatic carbocycles. The Morgan fingerprint density at radius 3 is 2.75 bits per heavy atom. The van der Waals surface area contributed by atoms with Crippen molar-refractivity contribution in [2.24, 2.45) is 28.6 Å². The number of alkyl halides is 1. The summed E-state index contributed by atoms with van der Waals surface area (Å²) in [5, 5.41) is 16.8. The van der Waals surface area contributed by atoms with Crippen LogP contribution in [-0.4, -0.2) is 58.2 Å². The zero-order chi connectivity index (χ0) is 27.7. The molecular formula is C31H38FN3O5. The molecule has 1 aromatic heterocycles. The Labute approximate surface area is 233 Å². The Balaban J connectivity index is 1.19. The van der Waals surface area contributed by atoms with Gasteiger partial charge in [0.15, 0.2) is 13.6 Å². The molecule has 9 atom stereocenters. The van der Waals surface area contributed by atoms with Crippen molar-refractivity contribution in [3.63, 3.8) is 0 Å². The van der Waals surface area contributed by atoms with E-state index in [1.165, 1.54) is 0 Å². The van der Waals surface area contributed by atoms with Gasteiger partial charge in [-0.3, -0.25) is 0 Å². The van der Waals surface area contributed by atoms with Crippen molar-refractivity contribution >= 4 is 11.8 Å². The highest BCUT2D eigenvalue weighted by Crippen LogP contribution is 2.74. The molecule has 2 aliphatic heterocycles. The first-order valence-electron chi connectivity index (χ1n) is 14.6.